The maximum atomic E-state index is 11.7. The second-order valence-electron chi connectivity index (χ2n) is 6.16. The van der Waals surface area contributed by atoms with Gasteiger partial charge in [-0.25, -0.2) is 0 Å². The van der Waals surface area contributed by atoms with Gasteiger partial charge in [0.2, 0.25) is 0 Å². The topological polar surface area (TPSA) is 29.1 Å². The van der Waals surface area contributed by atoms with Crippen molar-refractivity contribution < 1.29 is 4.79 Å². The summed E-state index contributed by atoms with van der Waals surface area (Å²) >= 11 is 1.70. The van der Waals surface area contributed by atoms with Crippen LogP contribution in [-0.4, -0.2) is 12.5 Å². The fraction of sp³-hybridized carbons (Fsp3) is 0.316. The third-order valence-corrected chi connectivity index (χ3v) is 4.24. The Balaban J connectivity index is 1.85. The molecule has 1 aromatic heterocycles. The third kappa shape index (κ3) is 5.05. The van der Waals surface area contributed by atoms with E-state index in [0.29, 0.717) is 6.54 Å². The molecule has 2 aromatic rings. The van der Waals surface area contributed by atoms with Crippen LogP contribution in [0.4, 0.5) is 0 Å². The Morgan fingerprint density at radius 1 is 1.18 bits per heavy atom. The van der Waals surface area contributed by atoms with Crippen molar-refractivity contribution in [2.45, 2.75) is 32.6 Å². The van der Waals surface area contributed by atoms with Crippen LogP contribution in [0.5, 0.6) is 0 Å². The van der Waals surface area contributed by atoms with Crippen molar-refractivity contribution in [1.82, 2.24) is 5.32 Å². The molecule has 0 aliphatic rings. The van der Waals surface area contributed by atoms with Gasteiger partial charge in [-0.05, 0) is 41.0 Å². The van der Waals surface area contributed by atoms with Gasteiger partial charge in [-0.3, -0.25) is 4.79 Å². The first kappa shape index (κ1) is 16.3. The van der Waals surface area contributed by atoms with Gasteiger partial charge in [0.1, 0.15) is 0 Å². The Kier molecular flexibility index (Phi) is 5.41. The minimum atomic E-state index is -0.226. The van der Waals surface area contributed by atoms with E-state index in [0.717, 1.165) is 12.0 Å². The van der Waals surface area contributed by atoms with E-state index in [1.807, 2.05) is 23.6 Å². The van der Waals surface area contributed by atoms with Gasteiger partial charge in [0, 0.05) is 22.9 Å². The van der Waals surface area contributed by atoms with Crippen molar-refractivity contribution in [3.63, 3.8) is 0 Å². The highest BCUT2D eigenvalue weighted by Crippen LogP contribution is 2.21. The van der Waals surface area contributed by atoms with Gasteiger partial charge >= 0.3 is 0 Å². The number of hydrogen-bond donors (Lipinski definition) is 1. The molecule has 1 aromatic carbocycles. The van der Waals surface area contributed by atoms with E-state index in [-0.39, 0.29) is 11.3 Å². The zero-order valence-electron chi connectivity index (χ0n) is 13.3. The summed E-state index contributed by atoms with van der Waals surface area (Å²) in [5.41, 5.74) is 2.25. The molecule has 2 rings (SSSR count). The summed E-state index contributed by atoms with van der Waals surface area (Å²) in [5, 5.41) is 4.86. The average Bonchev–Trinajstić information content (AvgIpc) is 2.98. The van der Waals surface area contributed by atoms with Gasteiger partial charge in [0.25, 0.3) is 5.91 Å². The Labute approximate surface area is 136 Å². The van der Waals surface area contributed by atoms with Crippen molar-refractivity contribution in [3.05, 3.63) is 57.8 Å². The minimum Gasteiger partial charge on any atom is -0.345 e. The molecule has 0 aliphatic heterocycles. The van der Waals surface area contributed by atoms with Crippen LogP contribution in [0.1, 0.15) is 36.8 Å². The van der Waals surface area contributed by atoms with E-state index in [9.17, 15) is 4.79 Å². The fourth-order valence-corrected chi connectivity index (χ4v) is 2.69. The first-order valence-corrected chi connectivity index (χ1v) is 8.26. The largest absolute Gasteiger partial charge is 0.345 e. The first-order chi connectivity index (χ1) is 10.4. The van der Waals surface area contributed by atoms with Crippen LogP contribution < -0.4 is 5.32 Å². The molecule has 2 nitrogen and oxygen atoms in total. The standard InChI is InChI=1S/C19H21NOS/c1-19(2,3)16-9-6-15(7-10-16)8-11-18(21)20-13-12-17-5-4-14-22-17/h4-7,9-10,14H,12-13H2,1-3H3,(H,20,21). The lowest BCUT2D eigenvalue weighted by Crippen LogP contribution is -2.23. The van der Waals surface area contributed by atoms with Crippen molar-refractivity contribution in [1.29, 1.82) is 0 Å². The Hall–Kier alpha value is -2.05. The van der Waals surface area contributed by atoms with Gasteiger partial charge in [0.05, 0.1) is 0 Å². The summed E-state index contributed by atoms with van der Waals surface area (Å²) in [6, 6.07) is 12.2. The molecular weight excluding hydrogens is 290 g/mol. The molecule has 114 valence electrons. The van der Waals surface area contributed by atoms with Crippen LogP contribution >= 0.6 is 11.3 Å². The SMILES string of the molecule is CC(C)(C)c1ccc(C#CC(=O)NCCc2cccs2)cc1. The van der Waals surface area contributed by atoms with Crippen molar-refractivity contribution in [2.24, 2.45) is 0 Å². The first-order valence-electron chi connectivity index (χ1n) is 7.38. The number of benzene rings is 1. The van der Waals surface area contributed by atoms with Crippen molar-refractivity contribution in [3.8, 4) is 11.8 Å². The number of hydrogen-bond acceptors (Lipinski definition) is 2. The Morgan fingerprint density at radius 2 is 1.91 bits per heavy atom. The van der Waals surface area contributed by atoms with Crippen LogP contribution in [0, 0.1) is 11.8 Å². The van der Waals surface area contributed by atoms with E-state index < -0.39 is 0 Å². The molecule has 0 spiro atoms. The summed E-state index contributed by atoms with van der Waals surface area (Å²) in [6.07, 6.45) is 0.853. The quantitative estimate of drug-likeness (QED) is 0.859. The predicted octanol–water partition coefficient (Wildman–Crippen LogP) is 3.76. The van der Waals surface area contributed by atoms with Crippen molar-refractivity contribution >= 4 is 17.2 Å². The summed E-state index contributed by atoms with van der Waals surface area (Å²) in [6.45, 7) is 7.15. The normalized spacial score (nSPS) is 10.7. The highest BCUT2D eigenvalue weighted by Gasteiger charge is 2.12. The summed E-state index contributed by atoms with van der Waals surface area (Å²) in [5.74, 6) is 5.32. The second-order valence-corrected chi connectivity index (χ2v) is 7.19. The third-order valence-electron chi connectivity index (χ3n) is 3.31. The summed E-state index contributed by atoms with van der Waals surface area (Å²) < 4.78 is 0. The number of carbonyl (C=O) groups is 1. The summed E-state index contributed by atoms with van der Waals surface area (Å²) in [4.78, 5) is 13.0. The van der Waals surface area contributed by atoms with Gasteiger partial charge in [-0.2, -0.15) is 0 Å². The van der Waals surface area contributed by atoms with Gasteiger partial charge in [-0.1, -0.05) is 44.9 Å². The number of carbonyl (C=O) groups excluding carboxylic acids is 1. The molecule has 0 saturated heterocycles. The Morgan fingerprint density at radius 3 is 2.50 bits per heavy atom. The fourth-order valence-electron chi connectivity index (χ4n) is 1.98. The molecule has 22 heavy (non-hydrogen) atoms. The van der Waals surface area contributed by atoms with E-state index >= 15 is 0 Å². The van der Waals surface area contributed by atoms with Gasteiger partial charge < -0.3 is 5.32 Å². The lowest BCUT2D eigenvalue weighted by molar-refractivity contribution is -0.115. The lowest BCUT2D eigenvalue weighted by atomic mass is 9.87. The van der Waals surface area contributed by atoms with Crippen LogP contribution in [0.3, 0.4) is 0 Å². The van der Waals surface area contributed by atoms with E-state index in [1.165, 1.54) is 10.4 Å². The second kappa shape index (κ2) is 7.29. The molecule has 1 heterocycles. The summed E-state index contributed by atoms with van der Waals surface area (Å²) in [7, 11) is 0. The molecule has 0 unspecified atom stereocenters. The van der Waals surface area contributed by atoms with E-state index in [2.05, 4.69) is 56.1 Å². The molecule has 1 N–H and O–H groups in total. The molecule has 1 amide bonds. The molecule has 0 fully saturated rings. The van der Waals surface area contributed by atoms with Crippen LogP contribution in [0.2, 0.25) is 0 Å². The monoisotopic (exact) mass is 311 g/mol. The maximum absolute atomic E-state index is 11.7. The molecule has 0 atom stereocenters. The minimum absolute atomic E-state index is 0.130. The molecule has 0 aliphatic carbocycles. The number of thiophene rings is 1. The van der Waals surface area contributed by atoms with Crippen LogP contribution in [-0.2, 0) is 16.6 Å². The molecule has 0 radical (unpaired) electrons. The highest BCUT2D eigenvalue weighted by atomic mass is 32.1. The average molecular weight is 311 g/mol. The Bertz CT molecular complexity index is 667. The zero-order chi connectivity index (χ0) is 16.0. The van der Waals surface area contributed by atoms with E-state index in [4.69, 9.17) is 0 Å². The lowest BCUT2D eigenvalue weighted by Gasteiger charge is -2.18. The van der Waals surface area contributed by atoms with Crippen LogP contribution in [0.25, 0.3) is 0 Å². The molecule has 0 bridgehead atoms. The number of nitrogens with one attached hydrogen (secondary N) is 1. The zero-order valence-corrected chi connectivity index (χ0v) is 14.1. The highest BCUT2D eigenvalue weighted by molar-refractivity contribution is 7.09. The number of rotatable bonds is 3. The molecule has 3 heteroatoms. The maximum Gasteiger partial charge on any atom is 0.296 e. The predicted molar refractivity (Wildman–Crippen MR) is 93.1 cm³/mol. The van der Waals surface area contributed by atoms with Gasteiger partial charge in [0.15, 0.2) is 0 Å². The van der Waals surface area contributed by atoms with Crippen LogP contribution in [0.15, 0.2) is 41.8 Å². The van der Waals surface area contributed by atoms with Crippen molar-refractivity contribution in [2.75, 3.05) is 6.54 Å². The van der Waals surface area contributed by atoms with Gasteiger partial charge in [-0.15, -0.1) is 11.3 Å². The number of amides is 1. The molecular formula is C19H21NOS. The smallest absolute Gasteiger partial charge is 0.296 e. The van der Waals surface area contributed by atoms with E-state index in [1.54, 1.807) is 11.3 Å². The molecule has 0 saturated carbocycles.